The molecule has 0 spiro atoms. The largest absolute Gasteiger partial charge is 0.386 e. The lowest BCUT2D eigenvalue weighted by molar-refractivity contribution is -0.133. The number of carbonyl (C=O) groups excluding carboxylic acids is 1. The summed E-state index contributed by atoms with van der Waals surface area (Å²) in [5.74, 6) is -1.13. The van der Waals surface area contributed by atoms with Gasteiger partial charge in [-0.15, -0.1) is 5.10 Å². The first-order valence-corrected chi connectivity index (χ1v) is 9.34. The summed E-state index contributed by atoms with van der Waals surface area (Å²) in [6.07, 6.45) is -1.48. The lowest BCUT2D eigenvalue weighted by Gasteiger charge is -2.22. The van der Waals surface area contributed by atoms with E-state index in [-0.39, 0.29) is 5.56 Å². The van der Waals surface area contributed by atoms with Crippen LogP contribution >= 0.6 is 0 Å². The second-order valence-electron chi connectivity index (χ2n) is 6.77. The van der Waals surface area contributed by atoms with E-state index in [2.05, 4.69) is 20.4 Å². The van der Waals surface area contributed by atoms with Gasteiger partial charge in [0.25, 0.3) is 5.91 Å². The van der Waals surface area contributed by atoms with E-state index in [9.17, 15) is 23.1 Å². The highest BCUT2D eigenvalue weighted by atomic mass is 19.3. The number of aromatic nitrogens is 4. The van der Waals surface area contributed by atoms with Crippen molar-refractivity contribution in [1.29, 1.82) is 0 Å². The number of nitrogens with one attached hydrogen (secondary N) is 2. The molecule has 1 aromatic carbocycles. The Hall–Kier alpha value is -3.47. The zero-order chi connectivity index (χ0) is 22.4. The number of pyridine rings is 1. The van der Waals surface area contributed by atoms with Gasteiger partial charge in [0.2, 0.25) is 5.95 Å². The first kappa shape index (κ1) is 22.2. The summed E-state index contributed by atoms with van der Waals surface area (Å²) in [7, 11) is 1.77. The van der Waals surface area contributed by atoms with E-state index in [1.165, 1.54) is 0 Å². The van der Waals surface area contributed by atoms with E-state index in [0.717, 1.165) is 16.8 Å². The third-order valence-electron chi connectivity index (χ3n) is 4.51. The second-order valence-corrected chi connectivity index (χ2v) is 6.77. The smallest absolute Gasteiger partial charge is 0.315 e. The Labute approximate surface area is 176 Å². The Morgan fingerprint density at radius 1 is 1.13 bits per heavy atom. The SMILES string of the molecule is Cn1cnc(NCc2ccc(-c3ccc([C@H](O)[C@@H](CF)NC(=O)C(F)F)cc3)cn2)n1. The highest BCUT2D eigenvalue weighted by Gasteiger charge is 2.26. The second kappa shape index (κ2) is 10.0. The summed E-state index contributed by atoms with van der Waals surface area (Å²) in [5.41, 5.74) is 2.68. The zero-order valence-electron chi connectivity index (χ0n) is 16.5. The van der Waals surface area contributed by atoms with Crippen LogP contribution in [0.25, 0.3) is 11.1 Å². The summed E-state index contributed by atoms with van der Waals surface area (Å²) in [6, 6.07) is 8.71. The van der Waals surface area contributed by atoms with Gasteiger partial charge in [-0.3, -0.25) is 14.5 Å². The van der Waals surface area contributed by atoms with Gasteiger partial charge in [0.15, 0.2) is 0 Å². The summed E-state index contributed by atoms with van der Waals surface area (Å²) in [6.45, 7) is -0.737. The zero-order valence-corrected chi connectivity index (χ0v) is 16.5. The molecule has 11 heteroatoms. The number of anilines is 1. The number of halogens is 3. The quantitative estimate of drug-likeness (QED) is 0.477. The van der Waals surface area contributed by atoms with Crippen molar-refractivity contribution in [3.8, 4) is 11.1 Å². The lowest BCUT2D eigenvalue weighted by atomic mass is 9.99. The number of hydrogen-bond acceptors (Lipinski definition) is 6. The van der Waals surface area contributed by atoms with Crippen molar-refractivity contribution in [2.75, 3.05) is 12.0 Å². The molecular weight excluding hydrogens is 413 g/mol. The molecule has 3 N–H and O–H groups in total. The van der Waals surface area contributed by atoms with Crippen LogP contribution in [0.2, 0.25) is 0 Å². The van der Waals surface area contributed by atoms with E-state index in [1.807, 2.05) is 12.1 Å². The molecule has 31 heavy (non-hydrogen) atoms. The minimum atomic E-state index is -3.28. The van der Waals surface area contributed by atoms with Crippen LogP contribution in [0.15, 0.2) is 48.9 Å². The van der Waals surface area contributed by atoms with Gasteiger partial charge in [-0.05, 0) is 17.2 Å². The van der Waals surface area contributed by atoms with Crippen LogP contribution in [-0.2, 0) is 18.4 Å². The number of benzene rings is 1. The fourth-order valence-electron chi connectivity index (χ4n) is 2.84. The highest BCUT2D eigenvalue weighted by molar-refractivity contribution is 5.79. The normalized spacial score (nSPS) is 13.1. The van der Waals surface area contributed by atoms with Gasteiger partial charge in [-0.2, -0.15) is 8.78 Å². The van der Waals surface area contributed by atoms with Gasteiger partial charge in [0.05, 0.1) is 18.3 Å². The predicted octanol–water partition coefficient (Wildman–Crippen LogP) is 2.24. The topological polar surface area (TPSA) is 105 Å². The third kappa shape index (κ3) is 5.79. The van der Waals surface area contributed by atoms with Crippen molar-refractivity contribution >= 4 is 11.9 Å². The molecule has 0 aliphatic heterocycles. The summed E-state index contributed by atoms with van der Waals surface area (Å²) < 4.78 is 39.4. The van der Waals surface area contributed by atoms with Crippen LogP contribution in [0.5, 0.6) is 0 Å². The molecule has 0 fully saturated rings. The van der Waals surface area contributed by atoms with E-state index in [0.29, 0.717) is 12.5 Å². The van der Waals surface area contributed by atoms with Crippen LogP contribution in [0.4, 0.5) is 19.1 Å². The Morgan fingerprint density at radius 3 is 2.39 bits per heavy atom. The van der Waals surface area contributed by atoms with Gasteiger partial charge in [0.1, 0.15) is 19.1 Å². The average molecular weight is 434 g/mol. The standard InChI is InChI=1S/C20H21F3N6O2/c1-29-11-26-20(28-29)25-10-15-7-6-14(9-24-15)12-2-4-13(5-3-12)17(30)16(8-21)27-19(31)18(22)23/h2-7,9,11,16-18,30H,8,10H2,1H3,(H,25,28)(H,27,31)/t16-,17+/m1/s1. The van der Waals surface area contributed by atoms with Crippen molar-refractivity contribution in [3.63, 3.8) is 0 Å². The number of aliphatic hydroxyl groups excluding tert-OH is 1. The average Bonchev–Trinajstić information content (AvgIpc) is 3.21. The molecule has 0 saturated heterocycles. The number of rotatable bonds is 9. The van der Waals surface area contributed by atoms with E-state index < -0.39 is 31.2 Å². The maximum Gasteiger partial charge on any atom is 0.315 e. The van der Waals surface area contributed by atoms with Gasteiger partial charge in [-0.25, -0.2) is 9.37 Å². The number of hydrogen-bond donors (Lipinski definition) is 3. The minimum absolute atomic E-state index is 0.289. The number of carbonyl (C=O) groups is 1. The van der Waals surface area contributed by atoms with E-state index in [1.54, 1.807) is 53.8 Å². The molecule has 2 heterocycles. The summed E-state index contributed by atoms with van der Waals surface area (Å²) in [4.78, 5) is 19.5. The molecule has 0 unspecified atom stereocenters. The molecule has 2 aromatic heterocycles. The lowest BCUT2D eigenvalue weighted by Crippen LogP contribution is -2.43. The molecule has 3 rings (SSSR count). The first-order chi connectivity index (χ1) is 14.9. The summed E-state index contributed by atoms with van der Waals surface area (Å²) in [5, 5.41) is 19.2. The molecule has 8 nitrogen and oxygen atoms in total. The van der Waals surface area contributed by atoms with Gasteiger partial charge in [-0.1, -0.05) is 30.3 Å². The van der Waals surface area contributed by atoms with E-state index >= 15 is 0 Å². The predicted molar refractivity (Wildman–Crippen MR) is 107 cm³/mol. The Kier molecular flexibility index (Phi) is 7.19. The maximum atomic E-state index is 13.1. The van der Waals surface area contributed by atoms with E-state index in [4.69, 9.17) is 0 Å². The first-order valence-electron chi connectivity index (χ1n) is 9.34. The van der Waals surface area contributed by atoms with Crippen molar-refractivity contribution in [3.05, 3.63) is 60.2 Å². The fourth-order valence-corrected chi connectivity index (χ4v) is 2.84. The highest BCUT2D eigenvalue weighted by Crippen LogP contribution is 2.24. The Morgan fingerprint density at radius 2 is 1.84 bits per heavy atom. The number of aliphatic hydroxyl groups is 1. The fraction of sp³-hybridized carbons (Fsp3) is 0.300. The molecule has 164 valence electrons. The van der Waals surface area contributed by atoms with Crippen molar-refractivity contribution in [1.82, 2.24) is 25.1 Å². The van der Waals surface area contributed by atoms with Crippen LogP contribution in [0, 0.1) is 0 Å². The maximum absolute atomic E-state index is 13.1. The molecule has 0 radical (unpaired) electrons. The van der Waals surface area contributed by atoms with Crippen LogP contribution in [-0.4, -0.2) is 49.9 Å². The molecule has 0 aliphatic rings. The number of amides is 1. The molecule has 0 bridgehead atoms. The Balaban J connectivity index is 1.63. The molecule has 3 aromatic rings. The monoisotopic (exact) mass is 434 g/mol. The van der Waals surface area contributed by atoms with Crippen LogP contribution in [0.3, 0.4) is 0 Å². The number of aryl methyl sites for hydroxylation is 1. The molecule has 2 atom stereocenters. The van der Waals surface area contributed by atoms with Gasteiger partial charge in [0, 0.05) is 18.8 Å². The van der Waals surface area contributed by atoms with Crippen molar-refractivity contribution in [2.45, 2.75) is 25.1 Å². The van der Waals surface area contributed by atoms with Crippen molar-refractivity contribution in [2.24, 2.45) is 7.05 Å². The van der Waals surface area contributed by atoms with Gasteiger partial charge >= 0.3 is 6.43 Å². The Bertz CT molecular complexity index is 995. The molecule has 1 amide bonds. The molecular formula is C20H21F3N6O2. The summed E-state index contributed by atoms with van der Waals surface area (Å²) >= 11 is 0. The number of alkyl halides is 3. The minimum Gasteiger partial charge on any atom is -0.386 e. The van der Waals surface area contributed by atoms with Crippen LogP contribution < -0.4 is 10.6 Å². The molecule has 0 saturated carbocycles. The number of nitrogens with zero attached hydrogens (tertiary/aromatic N) is 4. The third-order valence-corrected chi connectivity index (χ3v) is 4.51. The van der Waals surface area contributed by atoms with Crippen molar-refractivity contribution < 1.29 is 23.1 Å². The van der Waals surface area contributed by atoms with Crippen LogP contribution in [0.1, 0.15) is 17.4 Å². The molecule has 0 aliphatic carbocycles. The van der Waals surface area contributed by atoms with Gasteiger partial charge < -0.3 is 15.7 Å².